The summed E-state index contributed by atoms with van der Waals surface area (Å²) in [6.45, 7) is 7.31. The summed E-state index contributed by atoms with van der Waals surface area (Å²) in [5.41, 5.74) is 0. The Balaban J connectivity index is 2.00. The van der Waals surface area contributed by atoms with Crippen molar-refractivity contribution in [2.75, 3.05) is 19.7 Å². The predicted molar refractivity (Wildman–Crippen MR) is 88.5 cm³/mol. The lowest BCUT2D eigenvalue weighted by atomic mass is 10.1. The number of amides is 1. The van der Waals surface area contributed by atoms with Gasteiger partial charge in [0.1, 0.15) is 0 Å². The molecule has 1 aliphatic rings. The smallest absolute Gasteiger partial charge is 0.310 e. The number of likely N-dealkylation sites (tertiary alicyclic amines) is 1. The van der Waals surface area contributed by atoms with Crippen molar-refractivity contribution in [2.24, 2.45) is 5.92 Å². The molecule has 0 aliphatic carbocycles. The lowest BCUT2D eigenvalue weighted by molar-refractivity contribution is -0.148. The van der Waals surface area contributed by atoms with Crippen LogP contribution < -0.4 is 0 Å². The maximum Gasteiger partial charge on any atom is 0.310 e. The van der Waals surface area contributed by atoms with E-state index < -0.39 is 0 Å². The van der Waals surface area contributed by atoms with Gasteiger partial charge in [-0.2, -0.15) is 0 Å². The zero-order valence-electron chi connectivity index (χ0n) is 14.0. The van der Waals surface area contributed by atoms with E-state index >= 15 is 0 Å². The third-order valence-electron chi connectivity index (χ3n) is 4.25. The molecule has 0 radical (unpaired) electrons. The Kier molecular flexibility index (Phi) is 9.60. The normalized spacial score (nSPS) is 17.5. The van der Waals surface area contributed by atoms with E-state index in [1.807, 2.05) is 0 Å². The maximum atomic E-state index is 11.9. The summed E-state index contributed by atoms with van der Waals surface area (Å²) in [6.07, 6.45) is 11.9. The number of esters is 1. The highest BCUT2D eigenvalue weighted by molar-refractivity contribution is 5.88. The lowest BCUT2D eigenvalue weighted by Crippen LogP contribution is -2.28. The summed E-state index contributed by atoms with van der Waals surface area (Å²) in [5, 5.41) is 0. The molecule has 0 aromatic carbocycles. The zero-order chi connectivity index (χ0) is 16.2. The Morgan fingerprint density at radius 1 is 1.14 bits per heavy atom. The van der Waals surface area contributed by atoms with Gasteiger partial charge in [-0.3, -0.25) is 9.59 Å². The van der Waals surface area contributed by atoms with Crippen LogP contribution in [0.4, 0.5) is 0 Å². The second-order valence-electron chi connectivity index (χ2n) is 6.12. The molecule has 1 unspecified atom stereocenters. The van der Waals surface area contributed by atoms with Crippen molar-refractivity contribution in [3.8, 4) is 0 Å². The molecule has 1 saturated heterocycles. The van der Waals surface area contributed by atoms with Crippen LogP contribution in [0.5, 0.6) is 0 Å². The van der Waals surface area contributed by atoms with E-state index in [-0.39, 0.29) is 17.8 Å². The van der Waals surface area contributed by atoms with Crippen LogP contribution in [0.15, 0.2) is 12.7 Å². The SMILES string of the molecule is C=CC(=O)N1CCC(C(=O)OCCCCCCCCCC)C1. The van der Waals surface area contributed by atoms with Crippen molar-refractivity contribution < 1.29 is 14.3 Å². The van der Waals surface area contributed by atoms with E-state index in [1.165, 1.54) is 44.6 Å². The van der Waals surface area contributed by atoms with Crippen LogP contribution in [0.2, 0.25) is 0 Å². The van der Waals surface area contributed by atoms with Crippen LogP contribution in [0, 0.1) is 5.92 Å². The van der Waals surface area contributed by atoms with Gasteiger partial charge in [0.25, 0.3) is 0 Å². The van der Waals surface area contributed by atoms with E-state index in [0.717, 1.165) is 12.8 Å². The van der Waals surface area contributed by atoms with Crippen molar-refractivity contribution in [1.82, 2.24) is 4.90 Å². The average molecular weight is 309 g/mol. The first-order valence-electron chi connectivity index (χ1n) is 8.77. The number of nitrogens with zero attached hydrogens (tertiary/aromatic N) is 1. The second kappa shape index (κ2) is 11.3. The van der Waals surface area contributed by atoms with Crippen LogP contribution in [-0.2, 0) is 14.3 Å². The molecule has 0 spiro atoms. The van der Waals surface area contributed by atoms with Gasteiger partial charge in [0.2, 0.25) is 5.91 Å². The molecule has 0 aromatic heterocycles. The van der Waals surface area contributed by atoms with Gasteiger partial charge in [0, 0.05) is 13.1 Å². The van der Waals surface area contributed by atoms with E-state index in [4.69, 9.17) is 4.74 Å². The van der Waals surface area contributed by atoms with Gasteiger partial charge in [-0.1, -0.05) is 58.4 Å². The van der Waals surface area contributed by atoms with Crippen molar-refractivity contribution in [3.05, 3.63) is 12.7 Å². The summed E-state index contributed by atoms with van der Waals surface area (Å²) in [4.78, 5) is 25.0. The summed E-state index contributed by atoms with van der Waals surface area (Å²) in [7, 11) is 0. The van der Waals surface area contributed by atoms with Crippen LogP contribution in [-0.4, -0.2) is 36.5 Å². The fraction of sp³-hybridized carbons (Fsp3) is 0.778. The fourth-order valence-electron chi connectivity index (χ4n) is 2.81. The molecule has 0 aromatic rings. The Hall–Kier alpha value is -1.32. The number of unbranched alkanes of at least 4 members (excludes halogenated alkanes) is 7. The Bertz CT molecular complexity index is 354. The molecule has 4 heteroatoms. The van der Waals surface area contributed by atoms with E-state index in [1.54, 1.807) is 4.90 Å². The van der Waals surface area contributed by atoms with Gasteiger partial charge < -0.3 is 9.64 Å². The highest BCUT2D eigenvalue weighted by Crippen LogP contribution is 2.18. The van der Waals surface area contributed by atoms with Crippen molar-refractivity contribution >= 4 is 11.9 Å². The van der Waals surface area contributed by atoms with Gasteiger partial charge >= 0.3 is 5.97 Å². The predicted octanol–water partition coefficient (Wildman–Crippen LogP) is 3.70. The van der Waals surface area contributed by atoms with Crippen LogP contribution in [0.25, 0.3) is 0 Å². The molecule has 0 bridgehead atoms. The third-order valence-corrected chi connectivity index (χ3v) is 4.25. The summed E-state index contributed by atoms with van der Waals surface area (Å²) < 4.78 is 5.33. The zero-order valence-corrected chi connectivity index (χ0v) is 14.0. The van der Waals surface area contributed by atoms with Gasteiger partial charge in [-0.05, 0) is 18.9 Å². The molecule has 1 amide bonds. The molecule has 4 nitrogen and oxygen atoms in total. The Labute approximate surface area is 134 Å². The molecule has 1 fully saturated rings. The molecule has 1 aliphatic heterocycles. The van der Waals surface area contributed by atoms with Crippen molar-refractivity contribution in [1.29, 1.82) is 0 Å². The molecule has 1 heterocycles. The van der Waals surface area contributed by atoms with Gasteiger partial charge in [0.05, 0.1) is 12.5 Å². The molecular formula is C18H31NO3. The number of hydrogen-bond donors (Lipinski definition) is 0. The highest BCUT2D eigenvalue weighted by Gasteiger charge is 2.30. The molecule has 22 heavy (non-hydrogen) atoms. The number of rotatable bonds is 11. The number of carbonyl (C=O) groups excluding carboxylic acids is 2. The lowest BCUT2D eigenvalue weighted by Gasteiger charge is -2.13. The fourth-order valence-corrected chi connectivity index (χ4v) is 2.81. The molecular weight excluding hydrogens is 278 g/mol. The molecule has 0 saturated carbocycles. The average Bonchev–Trinajstić information content (AvgIpc) is 3.02. The summed E-state index contributed by atoms with van der Waals surface area (Å²) in [6, 6.07) is 0. The minimum absolute atomic E-state index is 0.0987. The maximum absolute atomic E-state index is 11.9. The largest absolute Gasteiger partial charge is 0.465 e. The van der Waals surface area contributed by atoms with Crippen LogP contribution in [0.3, 0.4) is 0 Å². The van der Waals surface area contributed by atoms with E-state index in [9.17, 15) is 9.59 Å². The quantitative estimate of drug-likeness (QED) is 0.332. The first-order chi connectivity index (χ1) is 10.7. The first-order valence-corrected chi connectivity index (χ1v) is 8.77. The third kappa shape index (κ3) is 7.10. The Morgan fingerprint density at radius 3 is 2.41 bits per heavy atom. The highest BCUT2D eigenvalue weighted by atomic mass is 16.5. The summed E-state index contributed by atoms with van der Waals surface area (Å²) in [5.74, 6) is -0.404. The number of carbonyl (C=O) groups is 2. The minimum atomic E-state index is -0.155. The Morgan fingerprint density at radius 2 is 1.77 bits per heavy atom. The van der Waals surface area contributed by atoms with E-state index in [2.05, 4.69) is 13.5 Å². The standard InChI is InChI=1S/C18H31NO3/c1-3-5-6-7-8-9-10-11-14-22-18(21)16-12-13-19(15-16)17(20)4-2/h4,16H,2-3,5-15H2,1H3. The van der Waals surface area contributed by atoms with Gasteiger partial charge in [0.15, 0.2) is 0 Å². The molecule has 126 valence electrons. The van der Waals surface area contributed by atoms with E-state index in [0.29, 0.717) is 26.1 Å². The number of hydrogen-bond acceptors (Lipinski definition) is 3. The first kappa shape index (κ1) is 18.7. The van der Waals surface area contributed by atoms with Gasteiger partial charge in [-0.15, -0.1) is 0 Å². The molecule has 0 N–H and O–H groups in total. The second-order valence-corrected chi connectivity index (χ2v) is 6.12. The molecule has 1 rings (SSSR count). The minimum Gasteiger partial charge on any atom is -0.465 e. The molecule has 1 atom stereocenters. The van der Waals surface area contributed by atoms with Crippen LogP contribution in [0.1, 0.15) is 64.7 Å². The monoisotopic (exact) mass is 309 g/mol. The topological polar surface area (TPSA) is 46.6 Å². The number of ether oxygens (including phenoxy) is 1. The summed E-state index contributed by atoms with van der Waals surface area (Å²) >= 11 is 0. The van der Waals surface area contributed by atoms with Gasteiger partial charge in [-0.25, -0.2) is 0 Å². The van der Waals surface area contributed by atoms with Crippen molar-refractivity contribution in [3.63, 3.8) is 0 Å². The van der Waals surface area contributed by atoms with Crippen LogP contribution >= 0.6 is 0 Å². The van der Waals surface area contributed by atoms with Crippen molar-refractivity contribution in [2.45, 2.75) is 64.7 Å².